The normalized spacial score (nSPS) is 20.7. The number of thiazole rings is 1. The first kappa shape index (κ1) is 23.1. The van der Waals surface area contributed by atoms with E-state index in [1.165, 1.54) is 7.11 Å². The molecular weight excluding hydrogens is 468 g/mol. The highest BCUT2D eigenvalue weighted by Gasteiger charge is 2.36. The lowest BCUT2D eigenvalue weighted by Gasteiger charge is -2.21. The first-order chi connectivity index (χ1) is 17.1. The Bertz CT molecular complexity index is 1190. The van der Waals surface area contributed by atoms with E-state index in [9.17, 15) is 9.59 Å². The van der Waals surface area contributed by atoms with Crippen LogP contribution in [0.15, 0.2) is 53.4 Å². The molecule has 2 atom stereocenters. The molecule has 0 radical (unpaired) electrons. The first-order valence-electron chi connectivity index (χ1n) is 11.3. The van der Waals surface area contributed by atoms with Crippen LogP contribution in [0.5, 0.6) is 17.2 Å². The number of carbonyl (C=O) groups excluding carboxylic acids is 2. The maximum atomic E-state index is 13.2. The molecule has 2 N–H and O–H groups in total. The second-order valence-corrected chi connectivity index (χ2v) is 9.20. The Morgan fingerprint density at radius 3 is 2.80 bits per heavy atom. The number of hydrogen-bond donors (Lipinski definition) is 2. The summed E-state index contributed by atoms with van der Waals surface area (Å²) >= 11 is 1.56. The van der Waals surface area contributed by atoms with Crippen molar-refractivity contribution in [1.29, 1.82) is 0 Å². The van der Waals surface area contributed by atoms with E-state index in [4.69, 9.17) is 14.2 Å². The molecule has 1 fully saturated rings. The van der Waals surface area contributed by atoms with Crippen molar-refractivity contribution < 1.29 is 23.8 Å². The number of hydrogen-bond acceptors (Lipinski definition) is 8. The zero-order valence-electron chi connectivity index (χ0n) is 19.2. The van der Waals surface area contributed by atoms with E-state index in [1.807, 2.05) is 35.2 Å². The fraction of sp³-hybridized carbons (Fsp3) is 0.320. The number of carbonyl (C=O) groups is 2. The largest absolute Gasteiger partial charge is 0.493 e. The molecule has 2 amide bonds. The minimum Gasteiger partial charge on any atom is -0.493 e. The van der Waals surface area contributed by atoms with Gasteiger partial charge < -0.3 is 24.8 Å². The summed E-state index contributed by atoms with van der Waals surface area (Å²) in [5.41, 5.74) is 4.17. The van der Waals surface area contributed by atoms with E-state index in [0.29, 0.717) is 49.0 Å². The molecule has 3 aliphatic heterocycles. The topological polar surface area (TPSA) is 102 Å². The van der Waals surface area contributed by atoms with Gasteiger partial charge in [-0.1, -0.05) is 12.1 Å². The van der Waals surface area contributed by atoms with E-state index in [2.05, 4.69) is 20.5 Å². The average molecular weight is 495 g/mol. The fourth-order valence-corrected chi connectivity index (χ4v) is 4.77. The van der Waals surface area contributed by atoms with Gasteiger partial charge in [-0.2, -0.15) is 0 Å². The third-order valence-electron chi connectivity index (χ3n) is 6.01. The van der Waals surface area contributed by atoms with Crippen molar-refractivity contribution in [3.63, 3.8) is 0 Å². The van der Waals surface area contributed by atoms with Gasteiger partial charge in [0.1, 0.15) is 11.9 Å². The van der Waals surface area contributed by atoms with Crippen molar-refractivity contribution in [1.82, 2.24) is 20.5 Å². The highest BCUT2D eigenvalue weighted by molar-refractivity contribution is 7.07. The van der Waals surface area contributed by atoms with E-state index in [1.54, 1.807) is 29.5 Å². The van der Waals surface area contributed by atoms with Crippen molar-refractivity contribution >= 4 is 23.2 Å². The van der Waals surface area contributed by atoms with Crippen LogP contribution in [0.3, 0.4) is 0 Å². The molecule has 6 rings (SSSR count). The van der Waals surface area contributed by atoms with E-state index >= 15 is 0 Å². The fourth-order valence-electron chi connectivity index (χ4n) is 4.22. The lowest BCUT2D eigenvalue weighted by Crippen LogP contribution is -2.45. The number of amides is 2. The molecule has 10 heteroatoms. The lowest BCUT2D eigenvalue weighted by molar-refractivity contribution is -0.123. The van der Waals surface area contributed by atoms with Crippen LogP contribution in [0, 0.1) is 0 Å². The SMILES string of the molecule is COc1ccc2cc1OCC(=O)NCc1ccc(cc1)O[C@H]1CN(Cc3cscn3)C[C@@H]1NC2=O. The van der Waals surface area contributed by atoms with Crippen LogP contribution in [0.1, 0.15) is 21.6 Å². The number of methoxy groups -OCH3 is 1. The van der Waals surface area contributed by atoms with Crippen LogP contribution in [-0.4, -0.2) is 60.7 Å². The van der Waals surface area contributed by atoms with E-state index in [0.717, 1.165) is 11.3 Å². The number of nitrogens with zero attached hydrogens (tertiary/aromatic N) is 2. The molecule has 4 heterocycles. The standard InChI is InChI=1S/C25H26N4O5S/c1-32-21-7-4-17-8-22(21)33-13-24(30)26-9-16-2-5-19(6-3-16)34-23-12-29(10-18-14-35-15-27-18)11-20(23)28-25(17)31/h2-8,14-15,20,23H,9-13H2,1H3,(H,26,30)(H,28,31)/t20-,23-/m0/s1. The summed E-state index contributed by atoms with van der Waals surface area (Å²) in [7, 11) is 1.51. The van der Waals surface area contributed by atoms with Crippen molar-refractivity contribution in [2.45, 2.75) is 25.2 Å². The number of ether oxygens (including phenoxy) is 3. The summed E-state index contributed by atoms with van der Waals surface area (Å²) < 4.78 is 17.4. The Labute approximate surface area is 207 Å². The Morgan fingerprint density at radius 2 is 2.03 bits per heavy atom. The van der Waals surface area contributed by atoms with Crippen molar-refractivity contribution in [3.8, 4) is 17.2 Å². The third-order valence-corrected chi connectivity index (χ3v) is 6.65. The predicted molar refractivity (Wildman–Crippen MR) is 130 cm³/mol. The summed E-state index contributed by atoms with van der Waals surface area (Å²) in [5.74, 6) is 0.947. The van der Waals surface area contributed by atoms with Crippen molar-refractivity contribution in [3.05, 3.63) is 70.2 Å². The van der Waals surface area contributed by atoms with E-state index < -0.39 is 0 Å². The summed E-state index contributed by atoms with van der Waals surface area (Å²) in [6, 6.07) is 12.3. The minimum atomic E-state index is -0.277. The van der Waals surface area contributed by atoms with Crippen LogP contribution in [0.2, 0.25) is 0 Å². The molecule has 3 aliphatic rings. The minimum absolute atomic E-state index is 0.196. The molecule has 2 aromatic carbocycles. The number of fused-ring (bicyclic) bond motifs is 7. The van der Waals surface area contributed by atoms with Crippen molar-refractivity contribution in [2.24, 2.45) is 0 Å². The number of nitrogens with one attached hydrogen (secondary N) is 2. The Kier molecular flexibility index (Phi) is 6.82. The number of aromatic nitrogens is 1. The van der Waals surface area contributed by atoms with Gasteiger partial charge in [0.05, 0.1) is 24.4 Å². The Morgan fingerprint density at radius 1 is 1.17 bits per heavy atom. The monoisotopic (exact) mass is 494 g/mol. The second-order valence-electron chi connectivity index (χ2n) is 8.49. The molecule has 1 aromatic heterocycles. The molecule has 0 aliphatic carbocycles. The second kappa shape index (κ2) is 10.3. The number of likely N-dealkylation sites (tertiary alicyclic amines) is 1. The molecule has 1 saturated heterocycles. The third kappa shape index (κ3) is 5.55. The quantitative estimate of drug-likeness (QED) is 0.576. The zero-order valence-corrected chi connectivity index (χ0v) is 20.0. The van der Waals surface area contributed by atoms with Gasteiger partial charge in [-0.25, -0.2) is 4.98 Å². The van der Waals surface area contributed by atoms with Gasteiger partial charge in [-0.05, 0) is 35.9 Å². The van der Waals surface area contributed by atoms with Gasteiger partial charge >= 0.3 is 0 Å². The molecule has 0 saturated carbocycles. The first-order valence-corrected chi connectivity index (χ1v) is 12.2. The van der Waals surface area contributed by atoms with Crippen LogP contribution < -0.4 is 24.8 Å². The van der Waals surface area contributed by atoms with Crippen LogP contribution in [-0.2, 0) is 17.9 Å². The molecule has 3 aromatic rings. The highest BCUT2D eigenvalue weighted by Crippen LogP contribution is 2.29. The van der Waals surface area contributed by atoms with Gasteiger partial charge in [0.25, 0.3) is 11.8 Å². The summed E-state index contributed by atoms with van der Waals surface area (Å²) in [6.07, 6.45) is -0.243. The Hall–Kier alpha value is -3.63. The van der Waals surface area contributed by atoms with Crippen LogP contribution >= 0.6 is 11.3 Å². The van der Waals surface area contributed by atoms with Gasteiger partial charge in [0.15, 0.2) is 18.1 Å². The van der Waals surface area contributed by atoms with Crippen LogP contribution in [0.25, 0.3) is 0 Å². The maximum absolute atomic E-state index is 13.2. The molecule has 182 valence electrons. The summed E-state index contributed by atoms with van der Waals surface area (Å²) in [6.45, 7) is 2.14. The zero-order chi connectivity index (χ0) is 24.2. The number of rotatable bonds is 3. The highest BCUT2D eigenvalue weighted by atomic mass is 32.1. The molecule has 0 spiro atoms. The van der Waals surface area contributed by atoms with Gasteiger partial charge in [0.2, 0.25) is 0 Å². The van der Waals surface area contributed by atoms with Gasteiger partial charge in [-0.3, -0.25) is 14.5 Å². The maximum Gasteiger partial charge on any atom is 0.258 e. The smallest absolute Gasteiger partial charge is 0.258 e. The summed E-state index contributed by atoms with van der Waals surface area (Å²) in [4.78, 5) is 32.1. The van der Waals surface area contributed by atoms with Gasteiger partial charge in [-0.15, -0.1) is 11.3 Å². The Balaban J connectivity index is 1.42. The summed E-state index contributed by atoms with van der Waals surface area (Å²) in [5, 5.41) is 7.99. The van der Waals surface area contributed by atoms with E-state index in [-0.39, 0.29) is 30.6 Å². The lowest BCUT2D eigenvalue weighted by atomic mass is 10.1. The molecular formula is C25H26N4O5S. The van der Waals surface area contributed by atoms with Gasteiger partial charge in [0, 0.05) is 37.1 Å². The molecule has 0 unspecified atom stereocenters. The average Bonchev–Trinajstić information content (AvgIpc) is 3.51. The molecule has 4 bridgehead atoms. The molecule has 9 nitrogen and oxygen atoms in total. The predicted octanol–water partition coefficient (Wildman–Crippen LogP) is 2.22. The van der Waals surface area contributed by atoms with Crippen molar-refractivity contribution in [2.75, 3.05) is 26.8 Å². The number of benzene rings is 2. The molecule has 35 heavy (non-hydrogen) atoms. The van der Waals surface area contributed by atoms with Crippen LogP contribution in [0.4, 0.5) is 0 Å².